The number of piperidine rings is 1. The van der Waals surface area contributed by atoms with Gasteiger partial charge in [0.1, 0.15) is 9.34 Å². The van der Waals surface area contributed by atoms with Crippen molar-refractivity contribution in [1.82, 2.24) is 15.2 Å². The lowest BCUT2D eigenvalue weighted by Crippen LogP contribution is -2.38. The molecule has 2 aliphatic rings. The summed E-state index contributed by atoms with van der Waals surface area (Å²) in [5, 5.41) is 4.61. The zero-order valence-electron chi connectivity index (χ0n) is 10.3. The third kappa shape index (κ3) is 3.17. The Morgan fingerprint density at radius 2 is 2.17 bits per heavy atom. The second-order valence-electron chi connectivity index (χ2n) is 5.27. The Hall–Kier alpha value is 0.130. The summed E-state index contributed by atoms with van der Waals surface area (Å²) in [5.41, 5.74) is 0.590. The fourth-order valence-electron chi connectivity index (χ4n) is 3.08. The molecule has 3 nitrogen and oxygen atoms in total. The molecule has 1 N–H and O–H groups in total. The van der Waals surface area contributed by atoms with Crippen LogP contribution in [-0.4, -0.2) is 36.1 Å². The summed E-state index contributed by atoms with van der Waals surface area (Å²) >= 11 is 7.53. The van der Waals surface area contributed by atoms with Crippen LogP contribution in [0.5, 0.6) is 0 Å². The Labute approximate surface area is 123 Å². The monoisotopic (exact) mass is 307 g/mol. The van der Waals surface area contributed by atoms with E-state index in [1.54, 1.807) is 17.5 Å². The van der Waals surface area contributed by atoms with E-state index >= 15 is 0 Å². The summed E-state index contributed by atoms with van der Waals surface area (Å²) in [6.07, 6.45) is 5.79. The van der Waals surface area contributed by atoms with E-state index in [1.807, 2.05) is 0 Å². The Kier molecular flexibility index (Phi) is 4.89. The van der Waals surface area contributed by atoms with Crippen molar-refractivity contribution in [3.63, 3.8) is 0 Å². The first-order valence-corrected chi connectivity index (χ1v) is 7.49. The molecular formula is C12H19Cl2N3S. The van der Waals surface area contributed by atoms with E-state index in [2.05, 4.69) is 15.2 Å². The molecule has 1 aromatic rings. The maximum absolute atomic E-state index is 5.92. The van der Waals surface area contributed by atoms with Crippen molar-refractivity contribution in [2.75, 3.05) is 26.2 Å². The fourth-order valence-corrected chi connectivity index (χ4v) is 4.08. The highest BCUT2D eigenvalue weighted by Gasteiger charge is 2.38. The van der Waals surface area contributed by atoms with Gasteiger partial charge in [0.25, 0.3) is 0 Å². The number of nitrogens with one attached hydrogen (secondary N) is 1. The van der Waals surface area contributed by atoms with E-state index in [0.717, 1.165) is 15.9 Å². The number of thiazole rings is 1. The van der Waals surface area contributed by atoms with Crippen LogP contribution < -0.4 is 5.32 Å². The average Bonchev–Trinajstić information content (AvgIpc) is 2.89. The molecule has 0 aliphatic carbocycles. The van der Waals surface area contributed by atoms with Crippen LogP contribution in [0.15, 0.2) is 6.20 Å². The zero-order chi connectivity index (χ0) is 11.7. The lowest BCUT2D eigenvalue weighted by molar-refractivity contribution is 0.194. The summed E-state index contributed by atoms with van der Waals surface area (Å²) in [4.78, 5) is 6.89. The predicted molar refractivity (Wildman–Crippen MR) is 78.8 cm³/mol. The van der Waals surface area contributed by atoms with Crippen LogP contribution in [0, 0.1) is 5.41 Å². The summed E-state index contributed by atoms with van der Waals surface area (Å²) in [6.45, 7) is 5.82. The van der Waals surface area contributed by atoms with E-state index < -0.39 is 0 Å². The van der Waals surface area contributed by atoms with Crippen molar-refractivity contribution in [2.24, 2.45) is 5.41 Å². The highest BCUT2D eigenvalue weighted by Crippen LogP contribution is 2.39. The van der Waals surface area contributed by atoms with Crippen molar-refractivity contribution in [2.45, 2.75) is 25.8 Å². The SMILES string of the molecule is Cl.Clc1cnc(CN2CCC3(CCNCC3)C2)s1. The second-order valence-corrected chi connectivity index (χ2v) is 7.02. The van der Waals surface area contributed by atoms with Crippen molar-refractivity contribution in [3.05, 3.63) is 15.5 Å². The smallest absolute Gasteiger partial charge is 0.113 e. The van der Waals surface area contributed by atoms with E-state index in [4.69, 9.17) is 11.6 Å². The van der Waals surface area contributed by atoms with Crippen LogP contribution in [0.1, 0.15) is 24.3 Å². The molecule has 18 heavy (non-hydrogen) atoms. The first kappa shape index (κ1) is 14.5. The molecule has 0 unspecified atom stereocenters. The molecule has 2 fully saturated rings. The second kappa shape index (κ2) is 6.06. The van der Waals surface area contributed by atoms with Gasteiger partial charge in [-0.2, -0.15) is 0 Å². The van der Waals surface area contributed by atoms with Crippen LogP contribution in [0.4, 0.5) is 0 Å². The van der Waals surface area contributed by atoms with Gasteiger partial charge in [0, 0.05) is 6.54 Å². The van der Waals surface area contributed by atoms with E-state index in [9.17, 15) is 0 Å². The molecule has 0 saturated carbocycles. The molecule has 0 amide bonds. The third-order valence-electron chi connectivity index (χ3n) is 4.07. The number of aromatic nitrogens is 1. The van der Waals surface area contributed by atoms with Gasteiger partial charge in [-0.25, -0.2) is 4.98 Å². The highest BCUT2D eigenvalue weighted by atomic mass is 35.5. The van der Waals surface area contributed by atoms with Gasteiger partial charge in [-0.3, -0.25) is 4.90 Å². The third-order valence-corrected chi connectivity index (χ3v) is 5.17. The normalized spacial score (nSPS) is 23.2. The topological polar surface area (TPSA) is 28.2 Å². The average molecular weight is 308 g/mol. The quantitative estimate of drug-likeness (QED) is 0.910. The number of rotatable bonds is 2. The van der Waals surface area contributed by atoms with Gasteiger partial charge in [-0.1, -0.05) is 11.6 Å². The molecule has 0 atom stereocenters. The van der Waals surface area contributed by atoms with Gasteiger partial charge in [0.15, 0.2) is 0 Å². The largest absolute Gasteiger partial charge is 0.317 e. The number of likely N-dealkylation sites (tertiary alicyclic amines) is 1. The van der Waals surface area contributed by atoms with Gasteiger partial charge in [0.2, 0.25) is 0 Å². The molecule has 6 heteroatoms. The molecule has 0 radical (unpaired) electrons. The molecule has 2 saturated heterocycles. The Bertz CT molecular complexity index is 390. The van der Waals surface area contributed by atoms with Crippen molar-refractivity contribution >= 4 is 35.3 Å². The van der Waals surface area contributed by atoms with Crippen molar-refractivity contribution < 1.29 is 0 Å². The summed E-state index contributed by atoms with van der Waals surface area (Å²) < 4.78 is 0.802. The number of hydrogen-bond acceptors (Lipinski definition) is 4. The van der Waals surface area contributed by atoms with E-state index in [1.165, 1.54) is 45.4 Å². The maximum atomic E-state index is 5.92. The Balaban J connectivity index is 0.00000120. The van der Waals surface area contributed by atoms with Crippen LogP contribution in [0.3, 0.4) is 0 Å². The van der Waals surface area contributed by atoms with Crippen molar-refractivity contribution in [1.29, 1.82) is 0 Å². The molecule has 102 valence electrons. The minimum absolute atomic E-state index is 0. The van der Waals surface area contributed by atoms with Crippen molar-refractivity contribution in [3.8, 4) is 0 Å². The Morgan fingerprint density at radius 1 is 1.39 bits per heavy atom. The molecule has 1 spiro atoms. The first-order chi connectivity index (χ1) is 8.26. The molecule has 2 aliphatic heterocycles. The number of nitrogens with zero attached hydrogens (tertiary/aromatic N) is 2. The molecule has 0 aromatic carbocycles. The highest BCUT2D eigenvalue weighted by molar-refractivity contribution is 7.15. The number of hydrogen-bond donors (Lipinski definition) is 1. The minimum Gasteiger partial charge on any atom is -0.317 e. The zero-order valence-corrected chi connectivity index (χ0v) is 12.7. The summed E-state index contributed by atoms with van der Waals surface area (Å²) in [7, 11) is 0. The van der Waals surface area contributed by atoms with E-state index in [-0.39, 0.29) is 12.4 Å². The van der Waals surface area contributed by atoms with Crippen LogP contribution in [0.2, 0.25) is 4.34 Å². The molecule has 3 heterocycles. The van der Waals surface area contributed by atoms with Gasteiger partial charge < -0.3 is 5.32 Å². The van der Waals surface area contributed by atoms with Gasteiger partial charge in [0.05, 0.1) is 12.7 Å². The fraction of sp³-hybridized carbons (Fsp3) is 0.750. The number of halogens is 2. The summed E-state index contributed by atoms with van der Waals surface area (Å²) in [6, 6.07) is 0. The van der Waals surface area contributed by atoms with Gasteiger partial charge in [-0.05, 0) is 44.3 Å². The van der Waals surface area contributed by atoms with Gasteiger partial charge in [-0.15, -0.1) is 23.7 Å². The first-order valence-electron chi connectivity index (χ1n) is 6.29. The maximum Gasteiger partial charge on any atom is 0.113 e. The van der Waals surface area contributed by atoms with E-state index in [0.29, 0.717) is 5.41 Å². The molecule has 3 rings (SSSR count). The molecule has 0 bridgehead atoms. The van der Waals surface area contributed by atoms with Crippen LogP contribution in [0.25, 0.3) is 0 Å². The predicted octanol–water partition coefficient (Wildman–Crippen LogP) is 2.79. The summed E-state index contributed by atoms with van der Waals surface area (Å²) in [5.74, 6) is 0. The van der Waals surface area contributed by atoms with Gasteiger partial charge >= 0.3 is 0 Å². The molecule has 1 aromatic heterocycles. The lowest BCUT2D eigenvalue weighted by Gasteiger charge is -2.33. The standard InChI is InChI=1S/C12H18ClN3S.ClH/c13-10-7-15-11(17-10)8-16-6-3-12(9-16)1-4-14-5-2-12;/h7,14H,1-6,8-9H2;1H. The minimum atomic E-state index is 0. The molecular weight excluding hydrogens is 289 g/mol. The lowest BCUT2D eigenvalue weighted by atomic mass is 9.78. The van der Waals surface area contributed by atoms with Crippen LogP contribution in [-0.2, 0) is 6.54 Å². The Morgan fingerprint density at radius 3 is 2.83 bits per heavy atom. The van der Waals surface area contributed by atoms with Crippen LogP contribution >= 0.6 is 35.3 Å².